The van der Waals surface area contributed by atoms with Crippen LogP contribution in [0.1, 0.15) is 41.6 Å². The third kappa shape index (κ3) is 3.92. The average Bonchev–Trinajstić information content (AvgIpc) is 3.27. The number of nitrogens with two attached hydrogens (primary N) is 1. The molecular weight excluding hydrogens is 372 g/mol. The number of hydrogen-bond donors (Lipinski definition) is 4. The molecule has 10 heteroatoms. The Labute approximate surface area is 168 Å². The molecule has 0 aromatic carbocycles. The molecule has 29 heavy (non-hydrogen) atoms. The number of aliphatic hydroxyl groups is 1. The van der Waals surface area contributed by atoms with E-state index in [0.29, 0.717) is 41.4 Å². The van der Waals surface area contributed by atoms with Crippen LogP contribution < -0.4 is 11.1 Å². The van der Waals surface area contributed by atoms with Crippen molar-refractivity contribution in [1.82, 2.24) is 19.7 Å². The van der Waals surface area contributed by atoms with E-state index in [1.807, 2.05) is 13.0 Å². The number of aliphatic imine (C=N–C) groups is 1. The molecule has 2 aromatic rings. The van der Waals surface area contributed by atoms with Gasteiger partial charge in [0, 0.05) is 49.5 Å². The Morgan fingerprint density at radius 1 is 1.45 bits per heavy atom. The molecule has 1 atom stereocenters. The molecule has 0 saturated carbocycles. The van der Waals surface area contributed by atoms with Gasteiger partial charge in [0.25, 0.3) is 5.91 Å². The number of primary amides is 1. The number of rotatable bonds is 8. The molecule has 0 fully saturated rings. The van der Waals surface area contributed by atoms with Gasteiger partial charge in [0.05, 0.1) is 6.04 Å². The molecule has 1 aliphatic heterocycles. The molecule has 10 nitrogen and oxygen atoms in total. The first-order valence-electron chi connectivity index (χ1n) is 9.21. The second kappa shape index (κ2) is 8.31. The van der Waals surface area contributed by atoms with Crippen molar-refractivity contribution in [3.63, 3.8) is 0 Å². The van der Waals surface area contributed by atoms with Gasteiger partial charge in [0.2, 0.25) is 0 Å². The number of allylic oxidation sites excluding steroid dienone is 1. The minimum Gasteiger partial charge on any atom is -0.396 e. The largest absolute Gasteiger partial charge is 0.396 e. The van der Waals surface area contributed by atoms with Crippen LogP contribution in [0.25, 0.3) is 17.1 Å². The van der Waals surface area contributed by atoms with Gasteiger partial charge in [0.15, 0.2) is 11.6 Å². The Kier molecular flexibility index (Phi) is 5.83. The maximum absolute atomic E-state index is 11.7. The van der Waals surface area contributed by atoms with Crippen molar-refractivity contribution < 1.29 is 9.90 Å². The van der Waals surface area contributed by atoms with Crippen LogP contribution in [0.2, 0.25) is 0 Å². The van der Waals surface area contributed by atoms with Crippen LogP contribution in [0.4, 0.5) is 5.69 Å². The lowest BCUT2D eigenvalue weighted by Gasteiger charge is -2.11. The topological polar surface area (TPSA) is 155 Å². The maximum atomic E-state index is 11.7. The van der Waals surface area contributed by atoms with Crippen molar-refractivity contribution in [3.8, 4) is 11.5 Å². The second-order valence-corrected chi connectivity index (χ2v) is 6.71. The summed E-state index contributed by atoms with van der Waals surface area (Å²) in [6.45, 7) is 2.01. The van der Waals surface area contributed by atoms with Crippen molar-refractivity contribution in [3.05, 3.63) is 29.2 Å². The minimum absolute atomic E-state index is 0.0691. The van der Waals surface area contributed by atoms with Gasteiger partial charge >= 0.3 is 0 Å². The zero-order chi connectivity index (χ0) is 21.1. The van der Waals surface area contributed by atoms with Crippen LogP contribution in [0.5, 0.6) is 0 Å². The Morgan fingerprint density at radius 2 is 2.21 bits per heavy atom. The fourth-order valence-electron chi connectivity index (χ4n) is 3.31. The number of amides is 1. The van der Waals surface area contributed by atoms with E-state index < -0.39 is 5.91 Å². The fraction of sp³-hybridized carbons (Fsp3) is 0.368. The van der Waals surface area contributed by atoms with Gasteiger partial charge in [-0.15, -0.1) is 0 Å². The van der Waals surface area contributed by atoms with Crippen molar-refractivity contribution in [2.45, 2.75) is 25.8 Å². The van der Waals surface area contributed by atoms with E-state index in [9.17, 15) is 4.79 Å². The smallest absolute Gasteiger partial charge is 0.267 e. The summed E-state index contributed by atoms with van der Waals surface area (Å²) in [5.74, 6) is 0.233. The number of pyridine rings is 1. The third-order valence-corrected chi connectivity index (χ3v) is 4.68. The molecule has 0 bridgehead atoms. The average molecular weight is 396 g/mol. The zero-order valence-electron chi connectivity index (χ0n) is 16.6. The van der Waals surface area contributed by atoms with E-state index in [0.717, 1.165) is 17.5 Å². The van der Waals surface area contributed by atoms with Gasteiger partial charge < -0.3 is 21.6 Å². The Balaban J connectivity index is 2.10. The monoisotopic (exact) mass is 396 g/mol. The van der Waals surface area contributed by atoms with Gasteiger partial charge in [-0.3, -0.25) is 9.79 Å². The highest BCUT2D eigenvalue weighted by atomic mass is 16.3. The Morgan fingerprint density at radius 3 is 2.83 bits per heavy atom. The van der Waals surface area contributed by atoms with Crippen molar-refractivity contribution in [2.75, 3.05) is 19.0 Å². The van der Waals surface area contributed by atoms with Crippen molar-refractivity contribution >= 4 is 29.1 Å². The quantitative estimate of drug-likeness (QED) is 0.488. The van der Waals surface area contributed by atoms with Gasteiger partial charge in [0.1, 0.15) is 11.4 Å². The summed E-state index contributed by atoms with van der Waals surface area (Å²) in [6.07, 6.45) is 4.41. The summed E-state index contributed by atoms with van der Waals surface area (Å²) in [5, 5.41) is 24.4. The third-order valence-electron chi connectivity index (χ3n) is 4.68. The summed E-state index contributed by atoms with van der Waals surface area (Å²) in [6, 6.07) is 1.39. The molecule has 3 rings (SSSR count). The predicted octanol–water partition coefficient (Wildman–Crippen LogP) is 1.01. The number of carbonyl (C=O) groups excluding carboxylic acids is 1. The minimum atomic E-state index is -0.673. The van der Waals surface area contributed by atoms with Crippen LogP contribution in [0.15, 0.2) is 17.1 Å². The van der Waals surface area contributed by atoms with Gasteiger partial charge in [-0.2, -0.15) is 5.10 Å². The standard InChI is InChI=1S/C19H24N8O2/c1-10-7-11(13(23-10)5-4-6-28)18-25-19(27(3)26-18)16-12(9-20)14(22-2)8-15(24-16)17(21)29/h7-9,13,20,28H,4-6H2,1-3H3,(H2,21,29)(H,22,24). The summed E-state index contributed by atoms with van der Waals surface area (Å²) in [5.41, 5.74) is 8.60. The van der Waals surface area contributed by atoms with Crippen LogP contribution in [-0.2, 0) is 7.05 Å². The highest BCUT2D eigenvalue weighted by Crippen LogP contribution is 2.30. The predicted molar refractivity (Wildman–Crippen MR) is 111 cm³/mol. The molecule has 1 amide bonds. The van der Waals surface area contributed by atoms with E-state index in [1.165, 1.54) is 6.07 Å². The first kappa shape index (κ1) is 20.3. The zero-order valence-corrected chi connectivity index (χ0v) is 16.6. The van der Waals surface area contributed by atoms with Crippen molar-refractivity contribution in [1.29, 1.82) is 5.41 Å². The highest BCUT2D eigenvalue weighted by molar-refractivity contribution is 6.03. The van der Waals surface area contributed by atoms with E-state index in [2.05, 4.69) is 25.4 Å². The fourth-order valence-corrected chi connectivity index (χ4v) is 3.31. The summed E-state index contributed by atoms with van der Waals surface area (Å²) in [4.78, 5) is 25.3. The van der Waals surface area contributed by atoms with Crippen LogP contribution in [0, 0.1) is 5.41 Å². The number of aliphatic hydroxyl groups excluding tert-OH is 1. The molecule has 152 valence electrons. The number of aromatic nitrogens is 4. The first-order valence-corrected chi connectivity index (χ1v) is 9.21. The van der Waals surface area contributed by atoms with Crippen LogP contribution >= 0.6 is 0 Å². The van der Waals surface area contributed by atoms with Gasteiger partial charge in [-0.05, 0) is 31.9 Å². The van der Waals surface area contributed by atoms with Crippen LogP contribution in [0.3, 0.4) is 0 Å². The van der Waals surface area contributed by atoms with Crippen LogP contribution in [-0.4, -0.2) is 62.4 Å². The van der Waals surface area contributed by atoms with E-state index >= 15 is 0 Å². The number of hydrogen-bond acceptors (Lipinski definition) is 8. The number of carbonyl (C=O) groups is 1. The molecular formula is C19H24N8O2. The Hall–Kier alpha value is -3.40. The molecule has 1 aliphatic rings. The lowest BCUT2D eigenvalue weighted by atomic mass is 10.0. The maximum Gasteiger partial charge on any atom is 0.267 e. The summed E-state index contributed by atoms with van der Waals surface area (Å²) in [7, 11) is 3.41. The van der Waals surface area contributed by atoms with E-state index in [4.69, 9.17) is 16.2 Å². The number of nitrogens with one attached hydrogen (secondary N) is 2. The van der Waals surface area contributed by atoms with Gasteiger partial charge in [-0.1, -0.05) is 0 Å². The molecule has 3 heterocycles. The van der Waals surface area contributed by atoms with E-state index in [-0.39, 0.29) is 18.3 Å². The molecule has 1 unspecified atom stereocenters. The lowest BCUT2D eigenvalue weighted by Crippen LogP contribution is -2.16. The van der Waals surface area contributed by atoms with Crippen molar-refractivity contribution in [2.24, 2.45) is 17.8 Å². The molecule has 0 radical (unpaired) electrons. The number of nitrogens with zero attached hydrogens (tertiary/aromatic N) is 5. The molecule has 0 saturated heterocycles. The SMILES string of the molecule is CNc1cc(C(N)=O)nc(-c2nc(C3=CC(C)=NC3CCCO)nn2C)c1C=N. The summed E-state index contributed by atoms with van der Waals surface area (Å²) < 4.78 is 1.56. The Bertz CT molecular complexity index is 1020. The molecule has 0 aliphatic carbocycles. The lowest BCUT2D eigenvalue weighted by molar-refractivity contribution is 0.0995. The normalized spacial score (nSPS) is 15.8. The molecule has 5 N–H and O–H groups in total. The molecule has 2 aromatic heterocycles. The highest BCUT2D eigenvalue weighted by Gasteiger charge is 2.26. The number of anilines is 1. The second-order valence-electron chi connectivity index (χ2n) is 6.71. The first-order chi connectivity index (χ1) is 13.9. The van der Waals surface area contributed by atoms with E-state index in [1.54, 1.807) is 18.8 Å². The van der Waals surface area contributed by atoms with Gasteiger partial charge in [-0.25, -0.2) is 14.6 Å². The molecule has 0 spiro atoms. The summed E-state index contributed by atoms with van der Waals surface area (Å²) >= 11 is 0. The number of aryl methyl sites for hydroxylation is 1.